The summed E-state index contributed by atoms with van der Waals surface area (Å²) in [5.74, 6) is 0.159. The number of benzene rings is 1. The fourth-order valence-corrected chi connectivity index (χ4v) is 2.54. The smallest absolute Gasteiger partial charge is 0.237 e. The molecule has 0 saturated carbocycles. The molecule has 1 aliphatic rings. The molecule has 0 saturated heterocycles. The van der Waals surface area contributed by atoms with Gasteiger partial charge in [0.1, 0.15) is 0 Å². The van der Waals surface area contributed by atoms with Gasteiger partial charge in [-0.05, 0) is 37.6 Å². The Labute approximate surface area is 115 Å². The van der Waals surface area contributed by atoms with E-state index < -0.39 is 5.41 Å². The summed E-state index contributed by atoms with van der Waals surface area (Å²) < 4.78 is 0. The van der Waals surface area contributed by atoms with Gasteiger partial charge >= 0.3 is 0 Å². The number of hydrogen-bond acceptors (Lipinski definition) is 2. The zero-order valence-corrected chi connectivity index (χ0v) is 12.0. The maximum atomic E-state index is 12.6. The molecule has 0 spiro atoms. The first-order valence-electron chi connectivity index (χ1n) is 6.77. The van der Waals surface area contributed by atoms with E-state index in [9.17, 15) is 4.79 Å². The number of nitrogens with one attached hydrogen (secondary N) is 1. The van der Waals surface area contributed by atoms with E-state index in [2.05, 4.69) is 18.8 Å². The number of carbonyl (C=O) groups is 1. The van der Waals surface area contributed by atoms with E-state index in [1.165, 1.54) is 0 Å². The third-order valence-electron chi connectivity index (χ3n) is 3.65. The maximum Gasteiger partial charge on any atom is 0.237 e. The van der Waals surface area contributed by atoms with Gasteiger partial charge in [-0.1, -0.05) is 31.7 Å². The van der Waals surface area contributed by atoms with Crippen LogP contribution >= 0.6 is 0 Å². The van der Waals surface area contributed by atoms with Gasteiger partial charge in [-0.15, -0.1) is 0 Å². The van der Waals surface area contributed by atoms with Gasteiger partial charge in [-0.2, -0.15) is 0 Å². The molecule has 19 heavy (non-hydrogen) atoms. The summed E-state index contributed by atoms with van der Waals surface area (Å²) in [5.41, 5.74) is 2.73. The summed E-state index contributed by atoms with van der Waals surface area (Å²) >= 11 is 0. The zero-order chi connectivity index (χ0) is 14.0. The normalized spacial score (nSPS) is 16.6. The maximum absolute atomic E-state index is 12.6. The average Bonchev–Trinajstić information content (AvgIpc) is 2.58. The number of nitrogens with zero attached hydrogens (tertiary/aromatic N) is 1. The Morgan fingerprint density at radius 1 is 1.37 bits per heavy atom. The van der Waals surface area contributed by atoms with Crippen molar-refractivity contribution in [3.8, 4) is 0 Å². The number of para-hydroxylation sites is 1. The minimum atomic E-state index is -0.435. The molecule has 0 unspecified atom stereocenters. The fourth-order valence-electron chi connectivity index (χ4n) is 2.54. The third kappa shape index (κ3) is 2.43. The third-order valence-corrected chi connectivity index (χ3v) is 3.65. The summed E-state index contributed by atoms with van der Waals surface area (Å²) in [5, 5.41) is 3.24. The highest BCUT2D eigenvalue weighted by Gasteiger charge is 2.43. The van der Waals surface area contributed by atoms with Crippen LogP contribution in [0.15, 0.2) is 36.4 Å². The number of hydrogen-bond donors (Lipinski definition) is 1. The quantitative estimate of drug-likeness (QED) is 0.823. The predicted octanol–water partition coefficient (Wildman–Crippen LogP) is 2.48. The SMILES string of the molecule is C=C(CNCC)CN1C(=O)C(C)(C)c2ccccc21. The Kier molecular flexibility index (Phi) is 3.76. The molecule has 0 aromatic heterocycles. The van der Waals surface area contributed by atoms with Gasteiger partial charge in [-0.25, -0.2) is 0 Å². The highest BCUT2D eigenvalue weighted by Crippen LogP contribution is 2.41. The molecule has 3 nitrogen and oxygen atoms in total. The van der Waals surface area contributed by atoms with E-state index in [1.807, 2.05) is 43.0 Å². The summed E-state index contributed by atoms with van der Waals surface area (Å²) in [6.07, 6.45) is 0. The zero-order valence-electron chi connectivity index (χ0n) is 12.0. The molecule has 0 atom stereocenters. The summed E-state index contributed by atoms with van der Waals surface area (Å²) in [6.45, 7) is 12.3. The van der Waals surface area contributed by atoms with Gasteiger partial charge in [0, 0.05) is 18.8 Å². The Morgan fingerprint density at radius 2 is 2.05 bits per heavy atom. The van der Waals surface area contributed by atoms with Crippen molar-refractivity contribution in [2.24, 2.45) is 0 Å². The summed E-state index contributed by atoms with van der Waals surface area (Å²) in [7, 11) is 0. The molecule has 0 fully saturated rings. The minimum Gasteiger partial charge on any atom is -0.313 e. The lowest BCUT2D eigenvalue weighted by Crippen LogP contribution is -2.38. The average molecular weight is 258 g/mol. The molecular formula is C16H22N2O. The van der Waals surface area contributed by atoms with Crippen molar-refractivity contribution in [1.29, 1.82) is 0 Å². The predicted molar refractivity (Wildman–Crippen MR) is 79.5 cm³/mol. The monoisotopic (exact) mass is 258 g/mol. The van der Waals surface area contributed by atoms with Crippen LogP contribution in [0.1, 0.15) is 26.3 Å². The highest BCUT2D eigenvalue weighted by atomic mass is 16.2. The van der Waals surface area contributed by atoms with Crippen LogP contribution in [0.5, 0.6) is 0 Å². The number of fused-ring (bicyclic) bond motifs is 1. The van der Waals surface area contributed by atoms with E-state index in [4.69, 9.17) is 0 Å². The van der Waals surface area contributed by atoms with Crippen LogP contribution < -0.4 is 10.2 Å². The van der Waals surface area contributed by atoms with Crippen molar-refractivity contribution in [1.82, 2.24) is 5.32 Å². The Morgan fingerprint density at radius 3 is 2.74 bits per heavy atom. The molecule has 3 heteroatoms. The van der Waals surface area contributed by atoms with Crippen LogP contribution in [0.2, 0.25) is 0 Å². The van der Waals surface area contributed by atoms with Crippen molar-refractivity contribution in [3.05, 3.63) is 42.0 Å². The van der Waals surface area contributed by atoms with Gasteiger partial charge in [0.25, 0.3) is 0 Å². The fraction of sp³-hybridized carbons (Fsp3) is 0.438. The van der Waals surface area contributed by atoms with Crippen molar-refractivity contribution >= 4 is 11.6 Å². The highest BCUT2D eigenvalue weighted by molar-refractivity contribution is 6.07. The van der Waals surface area contributed by atoms with E-state index in [1.54, 1.807) is 0 Å². The largest absolute Gasteiger partial charge is 0.313 e. The summed E-state index contributed by atoms with van der Waals surface area (Å²) in [6, 6.07) is 8.03. The van der Waals surface area contributed by atoms with E-state index in [0.717, 1.165) is 29.9 Å². The second-order valence-electron chi connectivity index (χ2n) is 5.56. The van der Waals surface area contributed by atoms with Crippen LogP contribution in [-0.4, -0.2) is 25.5 Å². The first-order valence-corrected chi connectivity index (χ1v) is 6.77. The molecular weight excluding hydrogens is 236 g/mol. The number of amides is 1. The topological polar surface area (TPSA) is 32.3 Å². The van der Waals surface area contributed by atoms with Crippen molar-refractivity contribution in [3.63, 3.8) is 0 Å². The van der Waals surface area contributed by atoms with Gasteiger partial charge < -0.3 is 10.2 Å². The Hall–Kier alpha value is -1.61. The van der Waals surface area contributed by atoms with Crippen LogP contribution in [0, 0.1) is 0 Å². The molecule has 0 aliphatic carbocycles. The van der Waals surface area contributed by atoms with E-state index >= 15 is 0 Å². The molecule has 1 amide bonds. The molecule has 1 aromatic rings. The minimum absolute atomic E-state index is 0.159. The molecule has 1 heterocycles. The van der Waals surface area contributed by atoms with Gasteiger partial charge in [-0.3, -0.25) is 4.79 Å². The van der Waals surface area contributed by atoms with Crippen LogP contribution in [0.3, 0.4) is 0 Å². The number of rotatable bonds is 5. The second kappa shape index (κ2) is 5.17. The first kappa shape index (κ1) is 13.8. The summed E-state index contributed by atoms with van der Waals surface area (Å²) in [4.78, 5) is 14.4. The van der Waals surface area contributed by atoms with Crippen LogP contribution in [-0.2, 0) is 10.2 Å². The van der Waals surface area contributed by atoms with Gasteiger partial charge in [0.2, 0.25) is 5.91 Å². The lowest BCUT2D eigenvalue weighted by atomic mass is 9.86. The molecule has 0 bridgehead atoms. The second-order valence-corrected chi connectivity index (χ2v) is 5.56. The van der Waals surface area contributed by atoms with Gasteiger partial charge in [0.05, 0.1) is 5.41 Å². The van der Waals surface area contributed by atoms with Crippen LogP contribution in [0.25, 0.3) is 0 Å². The van der Waals surface area contributed by atoms with Crippen molar-refractivity contribution < 1.29 is 4.79 Å². The molecule has 0 radical (unpaired) electrons. The Balaban J connectivity index is 2.23. The Bertz CT molecular complexity index is 505. The van der Waals surface area contributed by atoms with Crippen LogP contribution in [0.4, 0.5) is 5.69 Å². The molecule has 1 aliphatic heterocycles. The van der Waals surface area contributed by atoms with Crippen molar-refractivity contribution in [2.45, 2.75) is 26.2 Å². The number of likely N-dealkylation sites (N-methyl/N-ethyl adjacent to an activating group) is 1. The molecule has 1 N–H and O–H groups in total. The molecule has 1 aromatic carbocycles. The lowest BCUT2D eigenvalue weighted by molar-refractivity contribution is -0.122. The standard InChI is InChI=1S/C16H22N2O/c1-5-17-10-12(2)11-18-14-9-7-6-8-13(14)16(3,4)15(18)19/h6-9,17H,2,5,10-11H2,1,3-4H3. The number of carbonyl (C=O) groups excluding carboxylic acids is 1. The van der Waals surface area contributed by atoms with Gasteiger partial charge in [0.15, 0.2) is 0 Å². The molecule has 2 rings (SSSR count). The first-order chi connectivity index (χ1) is 8.98. The van der Waals surface area contributed by atoms with E-state index in [0.29, 0.717) is 6.54 Å². The van der Waals surface area contributed by atoms with E-state index in [-0.39, 0.29) is 5.91 Å². The number of anilines is 1. The lowest BCUT2D eigenvalue weighted by Gasteiger charge is -2.21. The molecule has 102 valence electrons. The van der Waals surface area contributed by atoms with Crippen molar-refractivity contribution in [2.75, 3.05) is 24.5 Å².